The van der Waals surface area contributed by atoms with Crippen molar-refractivity contribution in [2.24, 2.45) is 5.73 Å². The number of imidazole rings is 1. The number of fused-ring (bicyclic) bond motifs is 1. The van der Waals surface area contributed by atoms with Gasteiger partial charge in [0.2, 0.25) is 5.91 Å². The first-order valence-corrected chi connectivity index (χ1v) is 6.53. The monoisotopic (exact) mass is 281 g/mol. The molecule has 0 aliphatic heterocycles. The fourth-order valence-electron chi connectivity index (χ4n) is 1.96. The van der Waals surface area contributed by atoms with Crippen LogP contribution in [0.25, 0.3) is 11.0 Å². The van der Waals surface area contributed by atoms with E-state index in [2.05, 4.69) is 11.1 Å². The van der Waals surface area contributed by atoms with Gasteiger partial charge in [-0.1, -0.05) is 6.07 Å². The number of rotatable bonds is 6. The topological polar surface area (TPSA) is 70.1 Å². The van der Waals surface area contributed by atoms with Crippen LogP contribution in [0.15, 0.2) is 18.2 Å². The van der Waals surface area contributed by atoms with E-state index in [9.17, 15) is 4.79 Å². The Morgan fingerprint density at radius 1 is 1.53 bits per heavy atom. The van der Waals surface area contributed by atoms with Crippen LogP contribution in [0.3, 0.4) is 0 Å². The standard InChI is InChI=1S/C13H16ClN3O2/c1-9-2-3-10-11(6-9)17(13(7-14)16-10)4-5-19-8-12(15)18/h2-3,6H,4-5,7-8H2,1H3,(H2,15,18). The van der Waals surface area contributed by atoms with E-state index in [1.165, 1.54) is 0 Å². The van der Waals surface area contributed by atoms with Crippen molar-refractivity contribution in [1.82, 2.24) is 9.55 Å². The fraction of sp³-hybridized carbons (Fsp3) is 0.385. The molecule has 0 saturated heterocycles. The Balaban J connectivity index is 2.19. The van der Waals surface area contributed by atoms with Gasteiger partial charge in [0.1, 0.15) is 12.4 Å². The van der Waals surface area contributed by atoms with Gasteiger partial charge in [-0.25, -0.2) is 4.98 Å². The number of aromatic nitrogens is 2. The summed E-state index contributed by atoms with van der Waals surface area (Å²) in [4.78, 5) is 15.1. The van der Waals surface area contributed by atoms with Crippen molar-refractivity contribution in [3.63, 3.8) is 0 Å². The summed E-state index contributed by atoms with van der Waals surface area (Å²) in [5.74, 6) is 0.664. The summed E-state index contributed by atoms with van der Waals surface area (Å²) in [6, 6.07) is 6.05. The number of nitrogens with zero attached hydrogens (tertiary/aromatic N) is 2. The van der Waals surface area contributed by atoms with Gasteiger partial charge in [0.15, 0.2) is 0 Å². The van der Waals surface area contributed by atoms with E-state index in [1.807, 2.05) is 23.6 Å². The minimum atomic E-state index is -0.469. The maximum Gasteiger partial charge on any atom is 0.243 e. The fourth-order valence-corrected chi connectivity index (χ4v) is 2.17. The SMILES string of the molecule is Cc1ccc2nc(CCl)n(CCOCC(N)=O)c2c1. The summed E-state index contributed by atoms with van der Waals surface area (Å²) in [5, 5.41) is 0. The molecule has 1 aromatic heterocycles. The van der Waals surface area contributed by atoms with Gasteiger partial charge >= 0.3 is 0 Å². The largest absolute Gasteiger partial charge is 0.370 e. The van der Waals surface area contributed by atoms with Crippen LogP contribution in [0.5, 0.6) is 0 Å². The van der Waals surface area contributed by atoms with E-state index in [0.29, 0.717) is 19.0 Å². The molecule has 0 saturated carbocycles. The molecular formula is C13H16ClN3O2. The molecule has 0 atom stereocenters. The van der Waals surface area contributed by atoms with Crippen LogP contribution in [0.4, 0.5) is 0 Å². The highest BCUT2D eigenvalue weighted by atomic mass is 35.5. The number of hydrogen-bond donors (Lipinski definition) is 1. The number of carbonyl (C=O) groups excluding carboxylic acids is 1. The third-order valence-electron chi connectivity index (χ3n) is 2.81. The van der Waals surface area contributed by atoms with E-state index in [1.54, 1.807) is 0 Å². The maximum atomic E-state index is 10.6. The average molecular weight is 282 g/mol. The molecule has 0 aliphatic carbocycles. The van der Waals surface area contributed by atoms with Crippen molar-refractivity contribution in [3.8, 4) is 0 Å². The summed E-state index contributed by atoms with van der Waals surface area (Å²) in [6.07, 6.45) is 0. The van der Waals surface area contributed by atoms with Crippen LogP contribution in [-0.2, 0) is 22.0 Å². The van der Waals surface area contributed by atoms with E-state index in [-0.39, 0.29) is 6.61 Å². The zero-order chi connectivity index (χ0) is 13.8. The molecule has 0 unspecified atom stereocenters. The number of benzene rings is 1. The van der Waals surface area contributed by atoms with Gasteiger partial charge in [0.25, 0.3) is 0 Å². The van der Waals surface area contributed by atoms with Crippen molar-refractivity contribution in [2.45, 2.75) is 19.3 Å². The number of alkyl halides is 1. The van der Waals surface area contributed by atoms with Crippen molar-refractivity contribution in [2.75, 3.05) is 13.2 Å². The first-order chi connectivity index (χ1) is 9.11. The Morgan fingerprint density at radius 2 is 2.32 bits per heavy atom. The number of hydrogen-bond acceptors (Lipinski definition) is 3. The molecule has 1 amide bonds. The molecule has 1 aromatic carbocycles. The van der Waals surface area contributed by atoms with E-state index >= 15 is 0 Å². The Kier molecular flexibility index (Phi) is 4.39. The molecule has 102 valence electrons. The van der Waals surface area contributed by atoms with Crippen LogP contribution in [0, 0.1) is 6.92 Å². The number of halogens is 1. The highest BCUT2D eigenvalue weighted by molar-refractivity contribution is 6.16. The third kappa shape index (κ3) is 3.24. The molecule has 2 rings (SSSR count). The van der Waals surface area contributed by atoms with Gasteiger partial charge in [0, 0.05) is 6.54 Å². The lowest BCUT2D eigenvalue weighted by atomic mass is 10.2. The van der Waals surface area contributed by atoms with E-state index in [0.717, 1.165) is 22.4 Å². The number of nitrogens with two attached hydrogens (primary N) is 1. The number of amides is 1. The predicted octanol–water partition coefficient (Wildman–Crippen LogP) is 1.59. The van der Waals surface area contributed by atoms with Gasteiger partial charge in [-0.05, 0) is 24.6 Å². The van der Waals surface area contributed by atoms with Gasteiger partial charge in [-0.3, -0.25) is 4.79 Å². The van der Waals surface area contributed by atoms with Crippen LogP contribution in [0.1, 0.15) is 11.4 Å². The number of ether oxygens (including phenoxy) is 1. The Labute approximate surface area is 116 Å². The minimum Gasteiger partial charge on any atom is -0.370 e. The lowest BCUT2D eigenvalue weighted by Gasteiger charge is -2.08. The normalized spacial score (nSPS) is 11.1. The zero-order valence-corrected chi connectivity index (χ0v) is 11.5. The highest BCUT2D eigenvalue weighted by Crippen LogP contribution is 2.19. The molecule has 0 bridgehead atoms. The van der Waals surface area contributed by atoms with Crippen molar-refractivity contribution >= 4 is 28.5 Å². The third-order valence-corrected chi connectivity index (χ3v) is 3.04. The minimum absolute atomic E-state index is 0.0676. The van der Waals surface area contributed by atoms with Crippen LogP contribution < -0.4 is 5.73 Å². The van der Waals surface area contributed by atoms with Crippen molar-refractivity contribution < 1.29 is 9.53 Å². The molecule has 19 heavy (non-hydrogen) atoms. The molecule has 0 radical (unpaired) electrons. The van der Waals surface area contributed by atoms with Gasteiger partial charge < -0.3 is 15.0 Å². The summed E-state index contributed by atoms with van der Waals surface area (Å²) < 4.78 is 7.19. The quantitative estimate of drug-likeness (QED) is 0.646. The first kappa shape index (κ1) is 13.8. The van der Waals surface area contributed by atoms with Crippen LogP contribution >= 0.6 is 11.6 Å². The molecule has 5 nitrogen and oxygen atoms in total. The van der Waals surface area contributed by atoms with E-state index in [4.69, 9.17) is 22.1 Å². The lowest BCUT2D eigenvalue weighted by molar-refractivity contribution is -0.122. The number of primary amides is 1. The molecule has 2 aromatic rings. The zero-order valence-electron chi connectivity index (χ0n) is 10.7. The molecule has 6 heteroatoms. The molecule has 2 N–H and O–H groups in total. The maximum absolute atomic E-state index is 10.6. The predicted molar refractivity (Wildman–Crippen MR) is 74.0 cm³/mol. The smallest absolute Gasteiger partial charge is 0.243 e. The first-order valence-electron chi connectivity index (χ1n) is 5.99. The van der Waals surface area contributed by atoms with Gasteiger partial charge in [0.05, 0.1) is 23.5 Å². The summed E-state index contributed by atoms with van der Waals surface area (Å²) in [6.45, 7) is 2.95. The van der Waals surface area contributed by atoms with Crippen LogP contribution in [0.2, 0.25) is 0 Å². The Bertz CT molecular complexity index is 595. The Hall–Kier alpha value is -1.59. The molecule has 0 spiro atoms. The summed E-state index contributed by atoms with van der Waals surface area (Å²) in [7, 11) is 0. The van der Waals surface area contributed by atoms with Gasteiger partial charge in [-0.15, -0.1) is 11.6 Å². The number of aryl methyl sites for hydroxylation is 1. The number of carbonyl (C=O) groups is 1. The average Bonchev–Trinajstić information content (AvgIpc) is 2.72. The highest BCUT2D eigenvalue weighted by Gasteiger charge is 2.09. The second-order valence-corrected chi connectivity index (χ2v) is 4.59. The van der Waals surface area contributed by atoms with Crippen LogP contribution in [-0.4, -0.2) is 28.7 Å². The molecule has 0 aliphatic rings. The van der Waals surface area contributed by atoms with Gasteiger partial charge in [-0.2, -0.15) is 0 Å². The van der Waals surface area contributed by atoms with Crippen molar-refractivity contribution in [3.05, 3.63) is 29.6 Å². The molecule has 0 fully saturated rings. The Morgan fingerprint density at radius 3 is 3.00 bits per heavy atom. The second-order valence-electron chi connectivity index (χ2n) is 4.32. The summed E-state index contributed by atoms with van der Waals surface area (Å²) in [5.41, 5.74) is 8.11. The summed E-state index contributed by atoms with van der Waals surface area (Å²) >= 11 is 5.91. The second kappa shape index (κ2) is 6.04. The van der Waals surface area contributed by atoms with Crippen molar-refractivity contribution in [1.29, 1.82) is 0 Å². The van der Waals surface area contributed by atoms with E-state index < -0.39 is 5.91 Å². The lowest BCUT2D eigenvalue weighted by Crippen LogP contribution is -2.20. The molecule has 1 heterocycles. The molecular weight excluding hydrogens is 266 g/mol.